The molecule has 0 bridgehead atoms. The molecule has 1 aliphatic heterocycles. The highest BCUT2D eigenvalue weighted by Crippen LogP contribution is 2.39. The predicted octanol–water partition coefficient (Wildman–Crippen LogP) is 4.06. The third-order valence-corrected chi connectivity index (χ3v) is 4.51. The van der Waals surface area contributed by atoms with Crippen molar-refractivity contribution in [1.82, 2.24) is 5.32 Å². The molecule has 110 valence electrons. The van der Waals surface area contributed by atoms with Crippen molar-refractivity contribution in [3.63, 3.8) is 0 Å². The van der Waals surface area contributed by atoms with Crippen molar-refractivity contribution >= 4 is 0 Å². The second kappa shape index (κ2) is 5.53. The Morgan fingerprint density at radius 3 is 2.57 bits per heavy atom. The lowest BCUT2D eigenvalue weighted by atomic mass is 9.82. The molecule has 0 fully saturated rings. The predicted molar refractivity (Wildman–Crippen MR) is 86.9 cm³/mol. The lowest BCUT2D eigenvalue weighted by molar-refractivity contribution is 0.397. The number of fused-ring (bicyclic) bond motifs is 1. The van der Waals surface area contributed by atoms with Crippen LogP contribution in [0.4, 0.5) is 0 Å². The SMILES string of the molecule is COc1ccc2c(c1)C(C)(C)NCC[C@H]2c1ccccc1. The van der Waals surface area contributed by atoms with Crippen LogP contribution in [-0.2, 0) is 5.54 Å². The maximum Gasteiger partial charge on any atom is 0.119 e. The summed E-state index contributed by atoms with van der Waals surface area (Å²) in [5.41, 5.74) is 4.11. The van der Waals surface area contributed by atoms with E-state index in [1.165, 1.54) is 16.7 Å². The number of rotatable bonds is 2. The minimum Gasteiger partial charge on any atom is -0.497 e. The lowest BCUT2D eigenvalue weighted by Crippen LogP contribution is -2.36. The average Bonchev–Trinajstić information content (AvgIpc) is 2.64. The highest BCUT2D eigenvalue weighted by molar-refractivity contribution is 5.46. The molecule has 1 heterocycles. The standard InChI is InChI=1S/C19H23NO/c1-19(2)18-13-15(21-3)9-10-17(18)16(11-12-20-19)14-7-5-4-6-8-14/h4-10,13,16,20H,11-12H2,1-3H3/t16-/m0/s1. The summed E-state index contributed by atoms with van der Waals surface area (Å²) < 4.78 is 5.43. The number of nitrogens with one attached hydrogen (secondary N) is 1. The first kappa shape index (κ1) is 14.2. The molecule has 2 aromatic carbocycles. The summed E-state index contributed by atoms with van der Waals surface area (Å²) in [6.07, 6.45) is 1.12. The molecule has 1 N–H and O–H groups in total. The summed E-state index contributed by atoms with van der Waals surface area (Å²) in [5, 5.41) is 3.67. The van der Waals surface area contributed by atoms with Gasteiger partial charge in [0, 0.05) is 11.5 Å². The van der Waals surface area contributed by atoms with E-state index in [9.17, 15) is 0 Å². The lowest BCUT2D eigenvalue weighted by Gasteiger charge is -2.28. The number of ether oxygens (including phenoxy) is 1. The van der Waals surface area contributed by atoms with Gasteiger partial charge in [0.05, 0.1) is 7.11 Å². The fourth-order valence-corrected chi connectivity index (χ4v) is 3.32. The molecule has 2 heteroatoms. The van der Waals surface area contributed by atoms with Crippen LogP contribution in [0.2, 0.25) is 0 Å². The first-order valence-corrected chi connectivity index (χ1v) is 7.60. The summed E-state index contributed by atoms with van der Waals surface area (Å²) in [6, 6.07) is 17.3. The van der Waals surface area contributed by atoms with Gasteiger partial charge >= 0.3 is 0 Å². The van der Waals surface area contributed by atoms with Crippen LogP contribution in [0.5, 0.6) is 5.75 Å². The zero-order valence-corrected chi connectivity index (χ0v) is 13.0. The van der Waals surface area contributed by atoms with Crippen molar-refractivity contribution in [1.29, 1.82) is 0 Å². The third-order valence-electron chi connectivity index (χ3n) is 4.51. The van der Waals surface area contributed by atoms with E-state index in [0.717, 1.165) is 18.7 Å². The van der Waals surface area contributed by atoms with E-state index >= 15 is 0 Å². The minimum atomic E-state index is -0.0343. The molecule has 3 rings (SSSR count). The molecule has 2 aromatic rings. The Balaban J connectivity index is 2.14. The molecule has 2 nitrogen and oxygen atoms in total. The summed E-state index contributed by atoms with van der Waals surface area (Å²) in [5.74, 6) is 1.37. The van der Waals surface area contributed by atoms with Gasteiger partial charge in [-0.2, -0.15) is 0 Å². The van der Waals surface area contributed by atoms with Crippen LogP contribution in [-0.4, -0.2) is 13.7 Å². The summed E-state index contributed by atoms with van der Waals surface area (Å²) >= 11 is 0. The summed E-state index contributed by atoms with van der Waals surface area (Å²) in [7, 11) is 1.73. The molecule has 0 radical (unpaired) electrons. The number of methoxy groups -OCH3 is 1. The minimum absolute atomic E-state index is 0.0343. The fraction of sp³-hybridized carbons (Fsp3) is 0.368. The van der Waals surface area contributed by atoms with Crippen molar-refractivity contribution in [3.05, 3.63) is 65.2 Å². The van der Waals surface area contributed by atoms with Crippen LogP contribution in [0.1, 0.15) is 42.9 Å². The van der Waals surface area contributed by atoms with E-state index in [4.69, 9.17) is 4.74 Å². The van der Waals surface area contributed by atoms with Crippen molar-refractivity contribution in [2.75, 3.05) is 13.7 Å². The Kier molecular flexibility index (Phi) is 3.73. The third kappa shape index (κ3) is 2.68. The van der Waals surface area contributed by atoms with Gasteiger partial charge in [-0.05, 0) is 55.6 Å². The number of hydrogen-bond acceptors (Lipinski definition) is 2. The second-order valence-electron chi connectivity index (χ2n) is 6.26. The Morgan fingerprint density at radius 2 is 1.86 bits per heavy atom. The topological polar surface area (TPSA) is 21.3 Å². The van der Waals surface area contributed by atoms with Crippen LogP contribution in [0.3, 0.4) is 0 Å². The fourth-order valence-electron chi connectivity index (χ4n) is 3.32. The molecule has 1 atom stereocenters. The molecule has 0 saturated carbocycles. The van der Waals surface area contributed by atoms with Crippen LogP contribution in [0.15, 0.2) is 48.5 Å². The molecule has 0 unspecified atom stereocenters. The van der Waals surface area contributed by atoms with Gasteiger partial charge < -0.3 is 10.1 Å². The van der Waals surface area contributed by atoms with Crippen molar-refractivity contribution in [2.45, 2.75) is 31.7 Å². The molecule has 0 spiro atoms. The molecular formula is C19H23NO. The average molecular weight is 281 g/mol. The van der Waals surface area contributed by atoms with E-state index in [0.29, 0.717) is 5.92 Å². The highest BCUT2D eigenvalue weighted by atomic mass is 16.5. The first-order valence-electron chi connectivity index (χ1n) is 7.60. The van der Waals surface area contributed by atoms with E-state index in [2.05, 4.69) is 67.7 Å². The Hall–Kier alpha value is -1.80. The monoisotopic (exact) mass is 281 g/mol. The quantitative estimate of drug-likeness (QED) is 0.896. The van der Waals surface area contributed by atoms with E-state index in [1.54, 1.807) is 7.11 Å². The number of hydrogen-bond donors (Lipinski definition) is 1. The van der Waals surface area contributed by atoms with Crippen molar-refractivity contribution < 1.29 is 4.74 Å². The van der Waals surface area contributed by atoms with E-state index in [-0.39, 0.29) is 5.54 Å². The van der Waals surface area contributed by atoms with Crippen molar-refractivity contribution in [3.8, 4) is 5.75 Å². The van der Waals surface area contributed by atoms with Gasteiger partial charge in [0.25, 0.3) is 0 Å². The molecule has 0 aromatic heterocycles. The molecule has 21 heavy (non-hydrogen) atoms. The molecule has 0 aliphatic carbocycles. The number of benzene rings is 2. The highest BCUT2D eigenvalue weighted by Gasteiger charge is 2.30. The van der Waals surface area contributed by atoms with Crippen LogP contribution in [0.25, 0.3) is 0 Å². The van der Waals surface area contributed by atoms with Gasteiger partial charge in [-0.1, -0.05) is 36.4 Å². The Morgan fingerprint density at radius 1 is 1.10 bits per heavy atom. The van der Waals surface area contributed by atoms with Crippen molar-refractivity contribution in [2.24, 2.45) is 0 Å². The van der Waals surface area contributed by atoms with Gasteiger partial charge in [0.15, 0.2) is 0 Å². The largest absolute Gasteiger partial charge is 0.497 e. The smallest absolute Gasteiger partial charge is 0.119 e. The van der Waals surface area contributed by atoms with Gasteiger partial charge in [-0.3, -0.25) is 0 Å². The second-order valence-corrected chi connectivity index (χ2v) is 6.26. The maximum absolute atomic E-state index is 5.43. The molecule has 0 amide bonds. The zero-order valence-electron chi connectivity index (χ0n) is 13.0. The Labute approximate surface area is 127 Å². The Bertz CT molecular complexity index is 619. The van der Waals surface area contributed by atoms with E-state index < -0.39 is 0 Å². The maximum atomic E-state index is 5.43. The van der Waals surface area contributed by atoms with Gasteiger partial charge in [0.1, 0.15) is 5.75 Å². The van der Waals surface area contributed by atoms with E-state index in [1.807, 2.05) is 0 Å². The molecule has 0 saturated heterocycles. The molecule has 1 aliphatic rings. The normalized spacial score (nSPS) is 20.4. The van der Waals surface area contributed by atoms with Gasteiger partial charge in [-0.15, -0.1) is 0 Å². The van der Waals surface area contributed by atoms with Crippen LogP contribution < -0.4 is 10.1 Å². The summed E-state index contributed by atoms with van der Waals surface area (Å²) in [6.45, 7) is 5.51. The first-order chi connectivity index (χ1) is 10.1. The van der Waals surface area contributed by atoms with Gasteiger partial charge in [0.2, 0.25) is 0 Å². The van der Waals surface area contributed by atoms with Crippen LogP contribution >= 0.6 is 0 Å². The summed E-state index contributed by atoms with van der Waals surface area (Å²) in [4.78, 5) is 0. The zero-order chi connectivity index (χ0) is 14.9. The van der Waals surface area contributed by atoms with Crippen LogP contribution in [0, 0.1) is 0 Å². The molecular weight excluding hydrogens is 258 g/mol. The van der Waals surface area contributed by atoms with Gasteiger partial charge in [-0.25, -0.2) is 0 Å².